The molecule has 0 radical (unpaired) electrons. The first-order chi connectivity index (χ1) is 7.83. The van der Waals surface area contributed by atoms with E-state index in [0.29, 0.717) is 5.92 Å². The highest BCUT2D eigenvalue weighted by atomic mass is 16.3. The van der Waals surface area contributed by atoms with Crippen molar-refractivity contribution < 1.29 is 5.11 Å². The van der Waals surface area contributed by atoms with Crippen molar-refractivity contribution in [2.75, 3.05) is 0 Å². The summed E-state index contributed by atoms with van der Waals surface area (Å²) in [6.07, 6.45) is 5.26. The summed E-state index contributed by atoms with van der Waals surface area (Å²) in [5.74, 6) is 0.535. The van der Waals surface area contributed by atoms with E-state index in [1.807, 2.05) is 24.3 Å². The number of nitrogens with zero attached hydrogens (tertiary/aromatic N) is 1. The highest BCUT2D eigenvalue weighted by molar-refractivity contribution is 5.34. The van der Waals surface area contributed by atoms with Gasteiger partial charge in [-0.1, -0.05) is 43.5 Å². The predicted octanol–water partition coefficient (Wildman–Crippen LogP) is 3.29. The Morgan fingerprint density at radius 2 is 1.88 bits per heavy atom. The molecule has 1 fully saturated rings. The second kappa shape index (κ2) is 5.14. The van der Waals surface area contributed by atoms with E-state index in [-0.39, 0.29) is 0 Å². The zero-order valence-electron chi connectivity index (χ0n) is 9.39. The average molecular weight is 215 g/mol. The standard InChI is InChI=1S/C14H17NO/c15-10-14(16)13-9-5-4-8-12(13)11-6-2-1-3-7-11/h4-5,8-9,11,14,16H,1-3,6-7H2. The third kappa shape index (κ3) is 2.25. The summed E-state index contributed by atoms with van der Waals surface area (Å²) in [7, 11) is 0. The van der Waals surface area contributed by atoms with Crippen LogP contribution in [0.15, 0.2) is 24.3 Å². The molecule has 0 bridgehead atoms. The minimum atomic E-state index is -0.974. The smallest absolute Gasteiger partial charge is 0.166 e. The van der Waals surface area contributed by atoms with Crippen LogP contribution < -0.4 is 0 Å². The number of nitriles is 1. The van der Waals surface area contributed by atoms with Crippen LogP contribution in [0.25, 0.3) is 0 Å². The van der Waals surface area contributed by atoms with Gasteiger partial charge in [0.05, 0.1) is 6.07 Å². The van der Waals surface area contributed by atoms with Crippen molar-refractivity contribution in [2.45, 2.75) is 44.1 Å². The molecule has 16 heavy (non-hydrogen) atoms. The van der Waals surface area contributed by atoms with Crippen molar-refractivity contribution in [1.82, 2.24) is 0 Å². The van der Waals surface area contributed by atoms with E-state index < -0.39 is 6.10 Å². The van der Waals surface area contributed by atoms with Gasteiger partial charge in [0, 0.05) is 0 Å². The summed E-state index contributed by atoms with van der Waals surface area (Å²) in [5.41, 5.74) is 1.98. The van der Waals surface area contributed by atoms with Crippen molar-refractivity contribution in [3.05, 3.63) is 35.4 Å². The van der Waals surface area contributed by atoms with Crippen LogP contribution in [0.3, 0.4) is 0 Å². The maximum atomic E-state index is 9.68. The summed E-state index contributed by atoms with van der Waals surface area (Å²) >= 11 is 0. The molecule has 2 heteroatoms. The Morgan fingerprint density at radius 3 is 2.56 bits per heavy atom. The molecule has 1 unspecified atom stereocenters. The van der Waals surface area contributed by atoms with Gasteiger partial charge >= 0.3 is 0 Å². The van der Waals surface area contributed by atoms with Crippen LogP contribution in [0.2, 0.25) is 0 Å². The van der Waals surface area contributed by atoms with Gasteiger partial charge in [-0.3, -0.25) is 0 Å². The SMILES string of the molecule is N#CC(O)c1ccccc1C1CCCCC1. The molecule has 0 aliphatic heterocycles. The Bertz CT molecular complexity index is 388. The van der Waals surface area contributed by atoms with E-state index in [4.69, 9.17) is 5.26 Å². The minimum Gasteiger partial charge on any atom is -0.374 e. The van der Waals surface area contributed by atoms with E-state index in [9.17, 15) is 5.11 Å². The van der Waals surface area contributed by atoms with E-state index in [2.05, 4.69) is 6.07 Å². The molecule has 1 saturated carbocycles. The molecule has 84 valence electrons. The van der Waals surface area contributed by atoms with Gasteiger partial charge in [0.2, 0.25) is 0 Å². The molecule has 1 atom stereocenters. The first-order valence-corrected chi connectivity index (χ1v) is 5.99. The monoisotopic (exact) mass is 215 g/mol. The summed E-state index contributed by atoms with van der Waals surface area (Å²) in [5, 5.41) is 18.5. The maximum absolute atomic E-state index is 9.68. The van der Waals surface area contributed by atoms with Gasteiger partial charge in [-0.25, -0.2) is 0 Å². The normalized spacial score (nSPS) is 19.0. The molecule has 0 spiro atoms. The molecule has 1 aromatic rings. The molecule has 1 aliphatic carbocycles. The molecule has 1 N–H and O–H groups in total. The van der Waals surface area contributed by atoms with Crippen LogP contribution in [-0.2, 0) is 0 Å². The molecule has 0 aromatic heterocycles. The Morgan fingerprint density at radius 1 is 1.19 bits per heavy atom. The lowest BCUT2D eigenvalue weighted by molar-refractivity contribution is 0.233. The first kappa shape index (κ1) is 11.2. The fraction of sp³-hybridized carbons (Fsp3) is 0.500. The highest BCUT2D eigenvalue weighted by Gasteiger charge is 2.20. The van der Waals surface area contributed by atoms with Gasteiger partial charge in [0.1, 0.15) is 0 Å². The topological polar surface area (TPSA) is 44.0 Å². The van der Waals surface area contributed by atoms with E-state index in [1.165, 1.54) is 37.7 Å². The Labute approximate surface area is 96.5 Å². The van der Waals surface area contributed by atoms with E-state index in [0.717, 1.165) is 5.56 Å². The second-order valence-corrected chi connectivity index (χ2v) is 4.50. The third-order valence-corrected chi connectivity index (χ3v) is 3.46. The van der Waals surface area contributed by atoms with Gasteiger partial charge in [-0.2, -0.15) is 5.26 Å². The maximum Gasteiger partial charge on any atom is 0.166 e. The molecule has 1 aromatic carbocycles. The van der Waals surface area contributed by atoms with Gasteiger partial charge in [-0.05, 0) is 29.9 Å². The fourth-order valence-corrected chi connectivity index (χ4v) is 2.61. The largest absolute Gasteiger partial charge is 0.374 e. The summed E-state index contributed by atoms with van der Waals surface area (Å²) in [6.45, 7) is 0. The van der Waals surface area contributed by atoms with Crippen molar-refractivity contribution in [2.24, 2.45) is 0 Å². The van der Waals surface area contributed by atoms with Crippen molar-refractivity contribution in [1.29, 1.82) is 5.26 Å². The quantitative estimate of drug-likeness (QED) is 0.769. The third-order valence-electron chi connectivity index (χ3n) is 3.46. The first-order valence-electron chi connectivity index (χ1n) is 5.99. The Balaban J connectivity index is 2.28. The number of benzene rings is 1. The highest BCUT2D eigenvalue weighted by Crippen LogP contribution is 2.35. The number of rotatable bonds is 2. The van der Waals surface area contributed by atoms with Gasteiger partial charge < -0.3 is 5.11 Å². The average Bonchev–Trinajstić information content (AvgIpc) is 2.39. The van der Waals surface area contributed by atoms with Crippen molar-refractivity contribution in [3.63, 3.8) is 0 Å². The van der Waals surface area contributed by atoms with Crippen LogP contribution in [0, 0.1) is 11.3 Å². The molecule has 1 aliphatic rings. The van der Waals surface area contributed by atoms with Gasteiger partial charge in [0.15, 0.2) is 6.10 Å². The van der Waals surface area contributed by atoms with Crippen LogP contribution in [-0.4, -0.2) is 5.11 Å². The van der Waals surface area contributed by atoms with Crippen LogP contribution in [0.4, 0.5) is 0 Å². The van der Waals surface area contributed by atoms with Crippen LogP contribution >= 0.6 is 0 Å². The lowest BCUT2D eigenvalue weighted by Gasteiger charge is -2.24. The van der Waals surface area contributed by atoms with Gasteiger partial charge in [0.25, 0.3) is 0 Å². The van der Waals surface area contributed by atoms with Gasteiger partial charge in [-0.15, -0.1) is 0 Å². The lowest BCUT2D eigenvalue weighted by Crippen LogP contribution is -2.09. The molecule has 0 heterocycles. The zero-order valence-corrected chi connectivity index (χ0v) is 9.39. The number of hydrogen-bond acceptors (Lipinski definition) is 2. The summed E-state index contributed by atoms with van der Waals surface area (Å²) in [4.78, 5) is 0. The van der Waals surface area contributed by atoms with Crippen LogP contribution in [0.5, 0.6) is 0 Å². The molecule has 0 amide bonds. The molecular weight excluding hydrogens is 198 g/mol. The van der Waals surface area contributed by atoms with E-state index in [1.54, 1.807) is 0 Å². The van der Waals surface area contributed by atoms with Crippen molar-refractivity contribution >= 4 is 0 Å². The van der Waals surface area contributed by atoms with Crippen LogP contribution in [0.1, 0.15) is 55.3 Å². The number of hydrogen-bond donors (Lipinski definition) is 1. The Kier molecular flexibility index (Phi) is 3.58. The predicted molar refractivity (Wildman–Crippen MR) is 62.8 cm³/mol. The summed E-state index contributed by atoms with van der Waals surface area (Å²) in [6, 6.07) is 9.74. The van der Waals surface area contributed by atoms with Crippen molar-refractivity contribution in [3.8, 4) is 6.07 Å². The Hall–Kier alpha value is -1.33. The minimum absolute atomic E-state index is 0.535. The number of aliphatic hydroxyl groups is 1. The molecule has 0 saturated heterocycles. The second-order valence-electron chi connectivity index (χ2n) is 4.50. The fourth-order valence-electron chi connectivity index (χ4n) is 2.61. The number of aliphatic hydroxyl groups excluding tert-OH is 1. The zero-order chi connectivity index (χ0) is 11.4. The molecule has 2 rings (SSSR count). The molecule has 2 nitrogen and oxygen atoms in total. The lowest BCUT2D eigenvalue weighted by atomic mass is 9.81. The summed E-state index contributed by atoms with van der Waals surface area (Å²) < 4.78 is 0. The van der Waals surface area contributed by atoms with E-state index >= 15 is 0 Å². The molecular formula is C14H17NO.